The van der Waals surface area contributed by atoms with E-state index in [0.717, 1.165) is 12.1 Å². The van der Waals surface area contributed by atoms with Gasteiger partial charge in [0.15, 0.2) is 11.5 Å². The molecule has 5 N–H and O–H groups in total. The van der Waals surface area contributed by atoms with Gasteiger partial charge in [0.25, 0.3) is 0 Å². The minimum absolute atomic E-state index is 0.0601. The fourth-order valence-electron chi connectivity index (χ4n) is 2.68. The van der Waals surface area contributed by atoms with Crippen LogP contribution >= 0.6 is 0 Å². The number of carbonyl (C=O) groups is 2. The summed E-state index contributed by atoms with van der Waals surface area (Å²) in [4.78, 5) is 23.5. The first-order valence-corrected chi connectivity index (χ1v) is 8.16. The minimum Gasteiger partial charge on any atom is -0.504 e. The number of halogens is 1. The van der Waals surface area contributed by atoms with Gasteiger partial charge in [-0.1, -0.05) is 6.07 Å². The zero-order valence-electron chi connectivity index (χ0n) is 14.5. The zero-order valence-corrected chi connectivity index (χ0v) is 14.5. The number of carboxylic acid groups (broad SMARTS) is 1. The summed E-state index contributed by atoms with van der Waals surface area (Å²) in [6.45, 7) is 1.57. The van der Waals surface area contributed by atoms with E-state index in [4.69, 9.17) is 10.5 Å². The molecule has 0 radical (unpaired) electrons. The van der Waals surface area contributed by atoms with Gasteiger partial charge in [-0.25, -0.2) is 9.18 Å². The third-order valence-corrected chi connectivity index (χ3v) is 4.12. The summed E-state index contributed by atoms with van der Waals surface area (Å²) in [5.41, 5.74) is 6.30. The number of nitrogens with two attached hydrogens (primary N) is 1. The number of rotatable bonds is 7. The molecule has 0 saturated carbocycles. The normalized spacial score (nSPS) is 14.2. The van der Waals surface area contributed by atoms with Gasteiger partial charge >= 0.3 is 11.9 Å². The molecule has 0 aliphatic heterocycles. The van der Waals surface area contributed by atoms with Crippen molar-refractivity contribution in [3.05, 3.63) is 59.4 Å². The molecule has 0 bridgehead atoms. The van der Waals surface area contributed by atoms with Gasteiger partial charge in [0.05, 0.1) is 5.56 Å². The molecule has 0 saturated heterocycles. The molecular weight excluding hydrogens is 357 g/mol. The van der Waals surface area contributed by atoms with Gasteiger partial charge in [0.2, 0.25) is 0 Å². The molecule has 8 heteroatoms. The molecule has 0 spiro atoms. The van der Waals surface area contributed by atoms with Crippen LogP contribution in [-0.2, 0) is 9.53 Å². The van der Waals surface area contributed by atoms with E-state index in [1.54, 1.807) is 6.92 Å². The Balaban J connectivity index is 2.16. The SMILES string of the molecule is C[C@@H](CC(c1ccc(O)c(O)c1)[C@H](N)C(=O)O)OC(=O)c1ccc(F)cc1. The van der Waals surface area contributed by atoms with Crippen molar-refractivity contribution in [1.82, 2.24) is 0 Å². The smallest absolute Gasteiger partial charge is 0.338 e. The number of phenolic OH excluding ortho intramolecular Hbond substituents is 2. The van der Waals surface area contributed by atoms with E-state index < -0.39 is 41.6 Å². The number of benzene rings is 2. The number of ether oxygens (including phenoxy) is 1. The van der Waals surface area contributed by atoms with Crippen molar-refractivity contribution in [1.29, 1.82) is 0 Å². The monoisotopic (exact) mass is 377 g/mol. The van der Waals surface area contributed by atoms with Crippen LogP contribution in [0.1, 0.15) is 35.2 Å². The highest BCUT2D eigenvalue weighted by Crippen LogP contribution is 2.32. The fourth-order valence-corrected chi connectivity index (χ4v) is 2.68. The summed E-state index contributed by atoms with van der Waals surface area (Å²) in [7, 11) is 0. The average molecular weight is 377 g/mol. The Labute approximate surface area is 154 Å². The molecule has 2 aromatic rings. The number of carbonyl (C=O) groups excluding carboxylic acids is 1. The Kier molecular flexibility index (Phi) is 6.36. The molecular formula is C19H20FNO6. The van der Waals surface area contributed by atoms with E-state index >= 15 is 0 Å². The lowest BCUT2D eigenvalue weighted by atomic mass is 9.87. The molecule has 0 aliphatic rings. The van der Waals surface area contributed by atoms with Crippen molar-refractivity contribution in [2.75, 3.05) is 0 Å². The molecule has 0 aromatic heterocycles. The summed E-state index contributed by atoms with van der Waals surface area (Å²) in [5, 5.41) is 28.3. The maximum absolute atomic E-state index is 12.9. The van der Waals surface area contributed by atoms with Gasteiger partial charge in [-0.2, -0.15) is 0 Å². The number of hydrogen-bond donors (Lipinski definition) is 4. The Morgan fingerprint density at radius 1 is 1.11 bits per heavy atom. The van der Waals surface area contributed by atoms with E-state index in [0.29, 0.717) is 5.56 Å². The van der Waals surface area contributed by atoms with Crippen molar-refractivity contribution in [3.63, 3.8) is 0 Å². The Morgan fingerprint density at radius 3 is 2.30 bits per heavy atom. The van der Waals surface area contributed by atoms with Crippen LogP contribution in [0.15, 0.2) is 42.5 Å². The van der Waals surface area contributed by atoms with Crippen molar-refractivity contribution in [2.24, 2.45) is 5.73 Å². The van der Waals surface area contributed by atoms with Crippen LogP contribution in [0.25, 0.3) is 0 Å². The number of phenols is 2. The number of carboxylic acids is 1. The van der Waals surface area contributed by atoms with Gasteiger partial charge in [-0.05, 0) is 55.3 Å². The van der Waals surface area contributed by atoms with Crippen molar-refractivity contribution in [2.45, 2.75) is 31.4 Å². The van der Waals surface area contributed by atoms with Crippen molar-refractivity contribution >= 4 is 11.9 Å². The molecule has 0 heterocycles. The van der Waals surface area contributed by atoms with Crippen LogP contribution in [0.4, 0.5) is 4.39 Å². The predicted molar refractivity (Wildman–Crippen MR) is 94.0 cm³/mol. The van der Waals surface area contributed by atoms with E-state index in [9.17, 15) is 29.3 Å². The van der Waals surface area contributed by atoms with Crippen LogP contribution in [-0.4, -0.2) is 39.4 Å². The molecule has 1 unspecified atom stereocenters. The van der Waals surface area contributed by atoms with Crippen LogP contribution in [0, 0.1) is 5.82 Å². The molecule has 144 valence electrons. The second kappa shape index (κ2) is 8.50. The Bertz CT molecular complexity index is 823. The van der Waals surface area contributed by atoms with Crippen LogP contribution in [0.2, 0.25) is 0 Å². The lowest BCUT2D eigenvalue weighted by molar-refractivity contribution is -0.139. The van der Waals surface area contributed by atoms with Crippen LogP contribution < -0.4 is 5.73 Å². The molecule has 27 heavy (non-hydrogen) atoms. The molecule has 7 nitrogen and oxygen atoms in total. The third kappa shape index (κ3) is 5.18. The maximum atomic E-state index is 12.9. The van der Waals surface area contributed by atoms with Crippen molar-refractivity contribution < 1.29 is 34.0 Å². The highest BCUT2D eigenvalue weighted by molar-refractivity contribution is 5.89. The molecule has 0 aliphatic carbocycles. The van der Waals surface area contributed by atoms with Crippen LogP contribution in [0.5, 0.6) is 11.5 Å². The number of aromatic hydroxyl groups is 2. The van der Waals surface area contributed by atoms with E-state index in [2.05, 4.69) is 0 Å². The molecule has 0 fully saturated rings. The van der Waals surface area contributed by atoms with Gasteiger partial charge in [-0.15, -0.1) is 0 Å². The topological polar surface area (TPSA) is 130 Å². The first kappa shape index (κ1) is 20.2. The van der Waals surface area contributed by atoms with Gasteiger partial charge in [0.1, 0.15) is 18.0 Å². The van der Waals surface area contributed by atoms with E-state index in [-0.39, 0.29) is 17.7 Å². The van der Waals surface area contributed by atoms with Gasteiger partial charge in [0, 0.05) is 5.92 Å². The average Bonchev–Trinajstić information content (AvgIpc) is 2.62. The number of hydrogen-bond acceptors (Lipinski definition) is 6. The maximum Gasteiger partial charge on any atom is 0.338 e. The first-order chi connectivity index (χ1) is 12.7. The predicted octanol–water partition coefficient (Wildman–Crippen LogP) is 2.37. The molecule has 0 amide bonds. The van der Waals surface area contributed by atoms with E-state index in [1.165, 1.54) is 30.3 Å². The number of esters is 1. The van der Waals surface area contributed by atoms with Gasteiger partial charge in [-0.3, -0.25) is 4.79 Å². The third-order valence-electron chi connectivity index (χ3n) is 4.12. The standard InChI is InChI=1S/C19H20FNO6/c1-10(27-19(26)11-2-5-13(20)6-3-11)8-14(17(21)18(24)25)12-4-7-15(22)16(23)9-12/h2-7,9-10,14,17,22-23H,8,21H2,1H3,(H,24,25)/t10-,14?,17-/m0/s1. The quantitative estimate of drug-likeness (QED) is 0.430. The summed E-state index contributed by atoms with van der Waals surface area (Å²) >= 11 is 0. The highest BCUT2D eigenvalue weighted by atomic mass is 19.1. The summed E-state index contributed by atoms with van der Waals surface area (Å²) in [6, 6.07) is 7.38. The second-order valence-electron chi connectivity index (χ2n) is 6.18. The number of aliphatic carboxylic acids is 1. The highest BCUT2D eigenvalue weighted by Gasteiger charge is 2.29. The van der Waals surface area contributed by atoms with Crippen LogP contribution in [0.3, 0.4) is 0 Å². The molecule has 2 aromatic carbocycles. The minimum atomic E-state index is -1.32. The lowest BCUT2D eigenvalue weighted by Gasteiger charge is -2.25. The second-order valence-corrected chi connectivity index (χ2v) is 6.18. The summed E-state index contributed by atoms with van der Waals surface area (Å²) in [6.07, 6.45) is -0.654. The molecule has 2 rings (SSSR count). The summed E-state index contributed by atoms with van der Waals surface area (Å²) in [5.74, 6) is -3.98. The summed E-state index contributed by atoms with van der Waals surface area (Å²) < 4.78 is 18.2. The lowest BCUT2D eigenvalue weighted by Crippen LogP contribution is -2.38. The van der Waals surface area contributed by atoms with Crippen molar-refractivity contribution in [3.8, 4) is 11.5 Å². The largest absolute Gasteiger partial charge is 0.504 e. The zero-order chi connectivity index (χ0) is 20.1. The molecule has 3 atom stereocenters. The first-order valence-electron chi connectivity index (χ1n) is 8.16. The Hall–Kier alpha value is -3.13. The van der Waals surface area contributed by atoms with Gasteiger partial charge < -0.3 is 25.8 Å². The Morgan fingerprint density at radius 2 is 1.74 bits per heavy atom. The van der Waals surface area contributed by atoms with E-state index in [1.807, 2.05) is 0 Å². The fraction of sp³-hybridized carbons (Fsp3) is 0.263.